The molecule has 0 aromatic carbocycles. The second kappa shape index (κ2) is 6.94. The standard InChI is InChI=1S/C11H19F3N2O2/c1-8-2-4-15-6-9(8)16-10(17)3-5-18-7-11(12,13)14/h8-9,15H,2-7H2,1H3,(H,16,17). The topological polar surface area (TPSA) is 50.4 Å². The molecule has 0 aliphatic carbocycles. The number of alkyl halides is 3. The Morgan fingerprint density at radius 2 is 2.22 bits per heavy atom. The van der Waals surface area contributed by atoms with Gasteiger partial charge in [-0.2, -0.15) is 13.2 Å². The number of halogens is 3. The fourth-order valence-electron chi connectivity index (χ4n) is 1.81. The maximum Gasteiger partial charge on any atom is 0.411 e. The molecule has 7 heteroatoms. The molecule has 1 aliphatic heterocycles. The molecule has 1 rings (SSSR count). The van der Waals surface area contributed by atoms with E-state index < -0.39 is 12.8 Å². The number of nitrogens with one attached hydrogen (secondary N) is 2. The molecule has 1 amide bonds. The van der Waals surface area contributed by atoms with E-state index in [9.17, 15) is 18.0 Å². The summed E-state index contributed by atoms with van der Waals surface area (Å²) in [4.78, 5) is 11.5. The summed E-state index contributed by atoms with van der Waals surface area (Å²) in [5, 5.41) is 5.97. The number of rotatable bonds is 5. The van der Waals surface area contributed by atoms with Crippen LogP contribution in [0.2, 0.25) is 0 Å². The smallest absolute Gasteiger partial charge is 0.372 e. The molecule has 2 unspecified atom stereocenters. The van der Waals surface area contributed by atoms with Gasteiger partial charge in [0, 0.05) is 19.0 Å². The van der Waals surface area contributed by atoms with Crippen LogP contribution < -0.4 is 10.6 Å². The number of amides is 1. The highest BCUT2D eigenvalue weighted by Crippen LogP contribution is 2.14. The number of piperidine rings is 1. The Bertz CT molecular complexity index is 272. The van der Waals surface area contributed by atoms with Gasteiger partial charge in [0.2, 0.25) is 5.91 Å². The van der Waals surface area contributed by atoms with Gasteiger partial charge in [0.25, 0.3) is 0 Å². The minimum Gasteiger partial charge on any atom is -0.372 e. The van der Waals surface area contributed by atoms with Crippen molar-refractivity contribution in [2.75, 3.05) is 26.3 Å². The number of hydrogen-bond acceptors (Lipinski definition) is 3. The Morgan fingerprint density at radius 1 is 1.50 bits per heavy atom. The van der Waals surface area contributed by atoms with Crippen molar-refractivity contribution in [1.82, 2.24) is 10.6 Å². The SMILES string of the molecule is CC1CCNCC1NC(=O)CCOCC(F)(F)F. The zero-order valence-corrected chi connectivity index (χ0v) is 10.3. The lowest BCUT2D eigenvalue weighted by atomic mass is 9.95. The molecule has 0 bridgehead atoms. The van der Waals surface area contributed by atoms with Gasteiger partial charge < -0.3 is 15.4 Å². The largest absolute Gasteiger partial charge is 0.411 e. The fraction of sp³-hybridized carbons (Fsp3) is 0.909. The molecule has 1 saturated heterocycles. The molecular formula is C11H19F3N2O2. The highest BCUT2D eigenvalue weighted by Gasteiger charge is 2.27. The lowest BCUT2D eigenvalue weighted by molar-refractivity contribution is -0.174. The summed E-state index contributed by atoms with van der Waals surface area (Å²) in [6, 6.07) is 0.0499. The minimum atomic E-state index is -4.34. The monoisotopic (exact) mass is 268 g/mol. The molecule has 0 aromatic heterocycles. The number of carbonyl (C=O) groups is 1. The molecule has 1 heterocycles. The van der Waals surface area contributed by atoms with Crippen molar-refractivity contribution < 1.29 is 22.7 Å². The van der Waals surface area contributed by atoms with Crippen LogP contribution in [-0.4, -0.2) is 44.4 Å². The average molecular weight is 268 g/mol. The maximum absolute atomic E-state index is 11.8. The van der Waals surface area contributed by atoms with Gasteiger partial charge in [0.05, 0.1) is 6.61 Å². The van der Waals surface area contributed by atoms with Crippen molar-refractivity contribution in [3.63, 3.8) is 0 Å². The van der Waals surface area contributed by atoms with Crippen LogP contribution in [0.5, 0.6) is 0 Å². The minimum absolute atomic E-state index is 0.0424. The summed E-state index contributed by atoms with van der Waals surface area (Å²) in [5.74, 6) is 0.115. The zero-order chi connectivity index (χ0) is 13.6. The van der Waals surface area contributed by atoms with E-state index in [2.05, 4.69) is 15.4 Å². The van der Waals surface area contributed by atoms with Crippen LogP contribution in [-0.2, 0) is 9.53 Å². The first kappa shape index (κ1) is 15.2. The van der Waals surface area contributed by atoms with Crippen molar-refractivity contribution in [2.24, 2.45) is 5.92 Å². The summed E-state index contributed by atoms with van der Waals surface area (Å²) in [6.07, 6.45) is -3.40. The number of carbonyl (C=O) groups excluding carboxylic acids is 1. The lowest BCUT2D eigenvalue weighted by Crippen LogP contribution is -2.50. The van der Waals surface area contributed by atoms with Gasteiger partial charge in [0.15, 0.2) is 0 Å². The molecule has 4 nitrogen and oxygen atoms in total. The van der Waals surface area contributed by atoms with Crippen molar-refractivity contribution in [2.45, 2.75) is 32.0 Å². The molecule has 1 aliphatic rings. The first-order valence-electron chi connectivity index (χ1n) is 6.03. The first-order chi connectivity index (χ1) is 8.38. The molecule has 2 atom stereocenters. The zero-order valence-electron chi connectivity index (χ0n) is 10.3. The van der Waals surface area contributed by atoms with E-state index in [-0.39, 0.29) is 25.0 Å². The molecule has 1 fully saturated rings. The van der Waals surface area contributed by atoms with Crippen LogP contribution in [0.3, 0.4) is 0 Å². The van der Waals surface area contributed by atoms with Crippen LogP contribution in [0.25, 0.3) is 0 Å². The highest BCUT2D eigenvalue weighted by atomic mass is 19.4. The Hall–Kier alpha value is -0.820. The number of hydrogen-bond donors (Lipinski definition) is 2. The summed E-state index contributed by atoms with van der Waals surface area (Å²) < 4.78 is 39.7. The van der Waals surface area contributed by atoms with E-state index in [1.54, 1.807) is 0 Å². The Balaban J connectivity index is 2.13. The molecule has 106 valence electrons. The van der Waals surface area contributed by atoms with Gasteiger partial charge in [-0.25, -0.2) is 0 Å². The summed E-state index contributed by atoms with van der Waals surface area (Å²) in [7, 11) is 0. The molecule has 0 spiro atoms. The molecule has 0 saturated carbocycles. The second-order valence-electron chi connectivity index (χ2n) is 4.56. The fourth-order valence-corrected chi connectivity index (χ4v) is 1.81. The van der Waals surface area contributed by atoms with Gasteiger partial charge in [-0.15, -0.1) is 0 Å². The van der Waals surface area contributed by atoms with Crippen LogP contribution in [0.1, 0.15) is 19.8 Å². The first-order valence-corrected chi connectivity index (χ1v) is 6.03. The van der Waals surface area contributed by atoms with Gasteiger partial charge in [-0.1, -0.05) is 6.92 Å². The van der Waals surface area contributed by atoms with Crippen molar-refractivity contribution in [1.29, 1.82) is 0 Å². The van der Waals surface area contributed by atoms with Gasteiger partial charge in [-0.05, 0) is 18.9 Å². The van der Waals surface area contributed by atoms with Gasteiger partial charge in [0.1, 0.15) is 6.61 Å². The predicted molar refractivity (Wildman–Crippen MR) is 60.1 cm³/mol. The van der Waals surface area contributed by atoms with E-state index in [4.69, 9.17) is 0 Å². The van der Waals surface area contributed by atoms with Crippen LogP contribution in [0.4, 0.5) is 13.2 Å². The third-order valence-electron chi connectivity index (χ3n) is 2.91. The van der Waals surface area contributed by atoms with E-state index in [1.807, 2.05) is 6.92 Å². The Morgan fingerprint density at radius 3 is 2.83 bits per heavy atom. The molecular weight excluding hydrogens is 249 g/mol. The van der Waals surface area contributed by atoms with Crippen LogP contribution in [0.15, 0.2) is 0 Å². The normalized spacial score (nSPS) is 24.9. The van der Waals surface area contributed by atoms with E-state index in [1.165, 1.54) is 0 Å². The quantitative estimate of drug-likeness (QED) is 0.733. The third-order valence-corrected chi connectivity index (χ3v) is 2.91. The predicted octanol–water partition coefficient (Wildman–Crippen LogP) is 1.07. The van der Waals surface area contributed by atoms with Gasteiger partial charge in [-0.3, -0.25) is 4.79 Å². The molecule has 0 aromatic rings. The van der Waals surface area contributed by atoms with Crippen molar-refractivity contribution >= 4 is 5.91 Å². The molecule has 18 heavy (non-hydrogen) atoms. The lowest BCUT2D eigenvalue weighted by Gasteiger charge is -2.30. The van der Waals surface area contributed by atoms with E-state index in [0.29, 0.717) is 12.5 Å². The Kier molecular flexibility index (Phi) is 5.87. The highest BCUT2D eigenvalue weighted by molar-refractivity contribution is 5.76. The van der Waals surface area contributed by atoms with Gasteiger partial charge >= 0.3 is 6.18 Å². The van der Waals surface area contributed by atoms with E-state index >= 15 is 0 Å². The summed E-state index contributed by atoms with van der Waals surface area (Å²) >= 11 is 0. The Labute approximate surface area is 104 Å². The number of ether oxygens (including phenoxy) is 1. The van der Waals surface area contributed by atoms with E-state index in [0.717, 1.165) is 13.0 Å². The van der Waals surface area contributed by atoms with Crippen LogP contribution in [0, 0.1) is 5.92 Å². The summed E-state index contributed by atoms with van der Waals surface area (Å²) in [6.45, 7) is 2.17. The van der Waals surface area contributed by atoms with Crippen molar-refractivity contribution in [3.05, 3.63) is 0 Å². The third kappa shape index (κ3) is 6.20. The average Bonchev–Trinajstić information content (AvgIpc) is 2.26. The molecule has 2 N–H and O–H groups in total. The second-order valence-corrected chi connectivity index (χ2v) is 4.56. The maximum atomic E-state index is 11.8. The molecule has 0 radical (unpaired) electrons. The van der Waals surface area contributed by atoms with Crippen LogP contribution >= 0.6 is 0 Å². The van der Waals surface area contributed by atoms with Crippen molar-refractivity contribution in [3.8, 4) is 0 Å². The summed E-state index contributed by atoms with van der Waals surface area (Å²) in [5.41, 5.74) is 0.